The van der Waals surface area contributed by atoms with Gasteiger partial charge in [0.15, 0.2) is 0 Å². The molecule has 0 amide bonds. The number of hydrogen-bond donors (Lipinski definition) is 1. The Bertz CT molecular complexity index is 165. The van der Waals surface area contributed by atoms with Gasteiger partial charge in [0.2, 0.25) is 0 Å². The lowest BCUT2D eigenvalue weighted by molar-refractivity contribution is 0.228. The molecule has 84 valence electrons. The van der Waals surface area contributed by atoms with E-state index < -0.39 is 0 Å². The molecule has 0 heterocycles. The van der Waals surface area contributed by atoms with Crippen molar-refractivity contribution in [3.63, 3.8) is 0 Å². The standard InChI is InChI=1S/C13H27N/c1-6-11(10-8-9-10)14-12(7-2)13(3,4)5/h10-12,14H,6-9H2,1-5H3. The summed E-state index contributed by atoms with van der Waals surface area (Å²) in [5.41, 5.74) is 0.400. The minimum Gasteiger partial charge on any atom is -0.310 e. The fraction of sp³-hybridized carbons (Fsp3) is 1.00. The molecule has 0 aromatic rings. The van der Waals surface area contributed by atoms with Gasteiger partial charge in [-0.3, -0.25) is 0 Å². The van der Waals surface area contributed by atoms with E-state index >= 15 is 0 Å². The molecule has 2 atom stereocenters. The van der Waals surface area contributed by atoms with Gasteiger partial charge in [-0.05, 0) is 37.0 Å². The zero-order valence-electron chi connectivity index (χ0n) is 10.6. The molecule has 1 aliphatic rings. The summed E-state index contributed by atoms with van der Waals surface area (Å²) in [6, 6.07) is 1.45. The van der Waals surface area contributed by atoms with E-state index in [-0.39, 0.29) is 0 Å². The van der Waals surface area contributed by atoms with Gasteiger partial charge >= 0.3 is 0 Å². The first-order valence-electron chi connectivity index (χ1n) is 6.25. The van der Waals surface area contributed by atoms with Crippen molar-refractivity contribution >= 4 is 0 Å². The van der Waals surface area contributed by atoms with Crippen molar-refractivity contribution in [1.29, 1.82) is 0 Å². The van der Waals surface area contributed by atoms with Crippen molar-refractivity contribution < 1.29 is 0 Å². The maximum absolute atomic E-state index is 3.86. The minimum absolute atomic E-state index is 0.400. The summed E-state index contributed by atoms with van der Waals surface area (Å²) in [5.74, 6) is 0.983. The van der Waals surface area contributed by atoms with Crippen LogP contribution in [-0.2, 0) is 0 Å². The molecule has 1 nitrogen and oxygen atoms in total. The van der Waals surface area contributed by atoms with Crippen molar-refractivity contribution in [3.05, 3.63) is 0 Å². The van der Waals surface area contributed by atoms with Gasteiger partial charge in [-0.25, -0.2) is 0 Å². The SMILES string of the molecule is CCC(NC(CC)C(C)(C)C)C1CC1. The fourth-order valence-corrected chi connectivity index (χ4v) is 2.32. The van der Waals surface area contributed by atoms with Gasteiger partial charge in [0, 0.05) is 12.1 Å². The monoisotopic (exact) mass is 197 g/mol. The van der Waals surface area contributed by atoms with Crippen LogP contribution in [0.3, 0.4) is 0 Å². The van der Waals surface area contributed by atoms with Crippen LogP contribution in [0.2, 0.25) is 0 Å². The predicted octanol–water partition coefficient (Wildman–Crippen LogP) is 3.59. The maximum atomic E-state index is 3.86. The van der Waals surface area contributed by atoms with Crippen LogP contribution in [0.1, 0.15) is 60.3 Å². The lowest BCUT2D eigenvalue weighted by atomic mass is 9.84. The Kier molecular flexibility index (Phi) is 4.00. The first-order valence-corrected chi connectivity index (χ1v) is 6.25. The van der Waals surface area contributed by atoms with E-state index in [1.807, 2.05) is 0 Å². The van der Waals surface area contributed by atoms with E-state index in [2.05, 4.69) is 39.9 Å². The van der Waals surface area contributed by atoms with Gasteiger partial charge in [0.05, 0.1) is 0 Å². The van der Waals surface area contributed by atoms with Crippen molar-refractivity contribution in [2.45, 2.75) is 72.4 Å². The van der Waals surface area contributed by atoms with Crippen LogP contribution in [0.15, 0.2) is 0 Å². The van der Waals surface area contributed by atoms with E-state index in [4.69, 9.17) is 0 Å². The van der Waals surface area contributed by atoms with E-state index in [1.165, 1.54) is 25.7 Å². The Labute approximate surface area is 89.7 Å². The highest BCUT2D eigenvalue weighted by molar-refractivity contribution is 4.90. The third-order valence-corrected chi connectivity index (χ3v) is 3.50. The first-order chi connectivity index (χ1) is 6.49. The van der Waals surface area contributed by atoms with Crippen LogP contribution >= 0.6 is 0 Å². The van der Waals surface area contributed by atoms with E-state index in [1.54, 1.807) is 0 Å². The van der Waals surface area contributed by atoms with Gasteiger partial charge in [-0.2, -0.15) is 0 Å². The van der Waals surface area contributed by atoms with Crippen molar-refractivity contribution in [1.82, 2.24) is 5.32 Å². The second-order valence-corrected chi connectivity index (χ2v) is 5.85. The first kappa shape index (κ1) is 12.0. The van der Waals surface area contributed by atoms with Gasteiger partial charge in [0.1, 0.15) is 0 Å². The van der Waals surface area contributed by atoms with Crippen molar-refractivity contribution in [3.8, 4) is 0 Å². The number of nitrogens with one attached hydrogen (secondary N) is 1. The van der Waals surface area contributed by atoms with Crippen LogP contribution in [-0.4, -0.2) is 12.1 Å². The van der Waals surface area contributed by atoms with Gasteiger partial charge in [0.25, 0.3) is 0 Å². The third kappa shape index (κ3) is 3.27. The average molecular weight is 197 g/mol. The van der Waals surface area contributed by atoms with Crippen LogP contribution < -0.4 is 5.32 Å². The third-order valence-electron chi connectivity index (χ3n) is 3.50. The normalized spacial score (nSPS) is 22.1. The highest BCUT2D eigenvalue weighted by atomic mass is 15.0. The topological polar surface area (TPSA) is 12.0 Å². The van der Waals surface area contributed by atoms with Gasteiger partial charge < -0.3 is 5.32 Å². The number of hydrogen-bond acceptors (Lipinski definition) is 1. The smallest absolute Gasteiger partial charge is 0.0116 e. The van der Waals surface area contributed by atoms with Gasteiger partial charge in [-0.15, -0.1) is 0 Å². The highest BCUT2D eigenvalue weighted by Crippen LogP contribution is 2.35. The molecule has 14 heavy (non-hydrogen) atoms. The molecule has 0 bridgehead atoms. The van der Waals surface area contributed by atoms with Crippen molar-refractivity contribution in [2.75, 3.05) is 0 Å². The molecule has 1 rings (SSSR count). The number of rotatable bonds is 5. The van der Waals surface area contributed by atoms with E-state index in [9.17, 15) is 0 Å². The molecule has 0 saturated heterocycles. The Morgan fingerprint density at radius 3 is 2.00 bits per heavy atom. The zero-order valence-corrected chi connectivity index (χ0v) is 10.6. The largest absolute Gasteiger partial charge is 0.310 e. The molecule has 0 aromatic carbocycles. The van der Waals surface area contributed by atoms with Crippen LogP contribution in [0.4, 0.5) is 0 Å². The summed E-state index contributed by atoms with van der Waals surface area (Å²) in [4.78, 5) is 0. The summed E-state index contributed by atoms with van der Waals surface area (Å²) in [7, 11) is 0. The van der Waals surface area contributed by atoms with Crippen LogP contribution in [0, 0.1) is 11.3 Å². The summed E-state index contributed by atoms with van der Waals surface area (Å²) >= 11 is 0. The van der Waals surface area contributed by atoms with E-state index in [0.29, 0.717) is 11.5 Å². The Morgan fingerprint density at radius 2 is 1.71 bits per heavy atom. The van der Waals surface area contributed by atoms with Gasteiger partial charge in [-0.1, -0.05) is 34.6 Å². The van der Waals surface area contributed by atoms with E-state index in [0.717, 1.165) is 12.0 Å². The average Bonchev–Trinajstić information content (AvgIpc) is 2.87. The molecule has 1 saturated carbocycles. The fourth-order valence-electron chi connectivity index (χ4n) is 2.32. The summed E-state index contributed by atoms with van der Waals surface area (Å²) < 4.78 is 0. The second-order valence-electron chi connectivity index (χ2n) is 5.85. The predicted molar refractivity (Wildman–Crippen MR) is 63.5 cm³/mol. The second kappa shape index (κ2) is 4.65. The molecule has 1 fully saturated rings. The minimum atomic E-state index is 0.400. The molecule has 1 N–H and O–H groups in total. The van der Waals surface area contributed by atoms with Crippen LogP contribution in [0.5, 0.6) is 0 Å². The van der Waals surface area contributed by atoms with Crippen molar-refractivity contribution in [2.24, 2.45) is 11.3 Å². The Hall–Kier alpha value is -0.0400. The Morgan fingerprint density at radius 1 is 1.14 bits per heavy atom. The quantitative estimate of drug-likeness (QED) is 0.710. The lowest BCUT2D eigenvalue weighted by Crippen LogP contribution is -2.46. The molecule has 0 radical (unpaired) electrons. The van der Waals surface area contributed by atoms with Crippen LogP contribution in [0.25, 0.3) is 0 Å². The summed E-state index contributed by atoms with van der Waals surface area (Å²) in [5, 5.41) is 3.86. The molecule has 0 aliphatic heterocycles. The Balaban J connectivity index is 2.45. The molecule has 1 aliphatic carbocycles. The lowest BCUT2D eigenvalue weighted by Gasteiger charge is -2.34. The summed E-state index contributed by atoms with van der Waals surface area (Å²) in [6.07, 6.45) is 5.43. The molecule has 0 spiro atoms. The zero-order chi connectivity index (χ0) is 10.8. The summed E-state index contributed by atoms with van der Waals surface area (Å²) in [6.45, 7) is 11.6. The molecule has 2 unspecified atom stereocenters. The molecule has 1 heteroatoms. The molecular weight excluding hydrogens is 170 g/mol. The molecule has 0 aromatic heterocycles. The molecular formula is C13H27N. The maximum Gasteiger partial charge on any atom is 0.0116 e. The highest BCUT2D eigenvalue weighted by Gasteiger charge is 2.33.